The lowest BCUT2D eigenvalue weighted by atomic mass is 10.8. The number of H-pyrrole nitrogens is 1. The van der Waals surface area contributed by atoms with Crippen LogP contribution in [-0.2, 0) is 0 Å². The lowest BCUT2D eigenvalue weighted by Gasteiger charge is -2.10. The van der Waals surface area contributed by atoms with Crippen molar-refractivity contribution in [1.82, 2.24) is 9.97 Å². The number of aryl methyl sites for hydroxylation is 1. The van der Waals surface area contributed by atoms with Crippen LogP contribution in [0.15, 0.2) is 6.20 Å². The van der Waals surface area contributed by atoms with Gasteiger partial charge in [0.15, 0.2) is 0 Å². The zero-order valence-electron chi connectivity index (χ0n) is 7.02. The highest BCUT2D eigenvalue weighted by Gasteiger charge is 2.18. The van der Waals surface area contributed by atoms with Gasteiger partial charge >= 0.3 is 0 Å². The second-order valence-corrected chi connectivity index (χ2v) is 8.63. The third-order valence-electron chi connectivity index (χ3n) is 1.47. The van der Waals surface area contributed by atoms with Crippen molar-refractivity contribution in [3.8, 4) is 0 Å². The van der Waals surface area contributed by atoms with Crippen LogP contribution in [0.4, 0.5) is 0 Å². The van der Waals surface area contributed by atoms with E-state index in [1.807, 2.05) is 13.1 Å². The number of aromatic amines is 1. The summed E-state index contributed by atoms with van der Waals surface area (Å²) in [5.74, 6) is 1.03. The molecule has 0 aliphatic heterocycles. The molecule has 0 aliphatic carbocycles. The topological polar surface area (TPSA) is 28.7 Å². The molecule has 0 radical (unpaired) electrons. The fraction of sp³-hybridized carbons (Fsp3) is 0.571. The minimum atomic E-state index is -1.15. The smallest absolute Gasteiger partial charge is 0.103 e. The van der Waals surface area contributed by atoms with Gasteiger partial charge < -0.3 is 4.98 Å². The standard InChI is InChI=1S/C7H14N2Si/c1-6-8-5-7(9-6)10(2,3)4/h5H,1-4H3,(H,8,9). The molecule has 0 aromatic carbocycles. The van der Waals surface area contributed by atoms with Crippen molar-refractivity contribution in [3.05, 3.63) is 12.0 Å². The molecule has 0 saturated carbocycles. The Labute approximate surface area is 62.7 Å². The quantitative estimate of drug-likeness (QED) is 0.606. The van der Waals surface area contributed by atoms with Crippen molar-refractivity contribution >= 4 is 13.4 Å². The Hall–Kier alpha value is -0.573. The van der Waals surface area contributed by atoms with E-state index >= 15 is 0 Å². The van der Waals surface area contributed by atoms with Crippen molar-refractivity contribution in [2.75, 3.05) is 0 Å². The van der Waals surface area contributed by atoms with Crippen LogP contribution >= 0.6 is 0 Å². The molecule has 1 aromatic heterocycles. The van der Waals surface area contributed by atoms with Crippen LogP contribution in [0, 0.1) is 6.92 Å². The lowest BCUT2D eigenvalue weighted by molar-refractivity contribution is 1.15. The summed E-state index contributed by atoms with van der Waals surface area (Å²) in [7, 11) is -1.15. The summed E-state index contributed by atoms with van der Waals surface area (Å²) >= 11 is 0. The van der Waals surface area contributed by atoms with Gasteiger partial charge in [0.1, 0.15) is 13.9 Å². The number of aromatic nitrogens is 2. The monoisotopic (exact) mass is 154 g/mol. The number of imidazole rings is 1. The third-order valence-corrected chi connectivity index (χ3v) is 3.27. The molecule has 0 spiro atoms. The first-order valence-corrected chi connectivity index (χ1v) is 7.02. The minimum Gasteiger partial charge on any atom is -0.349 e. The van der Waals surface area contributed by atoms with Crippen LogP contribution in [0.1, 0.15) is 5.82 Å². The van der Waals surface area contributed by atoms with Crippen molar-refractivity contribution in [3.63, 3.8) is 0 Å². The summed E-state index contributed by atoms with van der Waals surface area (Å²) in [5, 5.41) is 1.27. The van der Waals surface area contributed by atoms with Gasteiger partial charge in [-0.1, -0.05) is 19.6 Å². The average Bonchev–Trinajstić information content (AvgIpc) is 2.11. The van der Waals surface area contributed by atoms with Crippen molar-refractivity contribution < 1.29 is 0 Å². The zero-order valence-corrected chi connectivity index (χ0v) is 8.02. The highest BCUT2D eigenvalue weighted by atomic mass is 28.3. The molecule has 0 unspecified atom stereocenters. The van der Waals surface area contributed by atoms with Gasteiger partial charge in [0.25, 0.3) is 0 Å². The normalized spacial score (nSPS) is 12.0. The maximum absolute atomic E-state index is 4.39. The van der Waals surface area contributed by atoms with Crippen LogP contribution in [0.3, 0.4) is 0 Å². The summed E-state index contributed by atoms with van der Waals surface area (Å²) in [4.78, 5) is 7.49. The van der Waals surface area contributed by atoms with E-state index in [0.717, 1.165) is 5.82 Å². The Morgan fingerprint density at radius 3 is 2.20 bits per heavy atom. The highest BCUT2D eigenvalue weighted by molar-refractivity contribution is 6.88. The maximum Gasteiger partial charge on any atom is 0.103 e. The van der Waals surface area contributed by atoms with E-state index in [1.54, 1.807) is 0 Å². The molecule has 2 nitrogen and oxygen atoms in total. The van der Waals surface area contributed by atoms with E-state index in [1.165, 1.54) is 5.32 Å². The Balaban J connectivity index is 2.96. The molecule has 1 N–H and O–H groups in total. The van der Waals surface area contributed by atoms with Gasteiger partial charge in [0.05, 0.1) is 0 Å². The number of hydrogen-bond acceptors (Lipinski definition) is 1. The maximum atomic E-state index is 4.39. The van der Waals surface area contributed by atoms with Crippen molar-refractivity contribution in [2.24, 2.45) is 0 Å². The van der Waals surface area contributed by atoms with E-state index in [0.29, 0.717) is 0 Å². The summed E-state index contributed by atoms with van der Waals surface area (Å²) < 4.78 is 0. The molecule has 0 amide bonds. The molecular formula is C7H14N2Si. The molecule has 0 bridgehead atoms. The Bertz CT molecular complexity index is 222. The van der Waals surface area contributed by atoms with Crippen LogP contribution in [0.5, 0.6) is 0 Å². The second-order valence-electron chi connectivity index (χ2n) is 3.62. The van der Waals surface area contributed by atoms with Crippen molar-refractivity contribution in [2.45, 2.75) is 26.6 Å². The number of hydrogen-bond donors (Lipinski definition) is 1. The SMILES string of the molecule is Cc1nc([Si](C)(C)C)c[nH]1. The summed E-state index contributed by atoms with van der Waals surface area (Å²) in [6.07, 6.45) is 2.03. The second kappa shape index (κ2) is 2.23. The first-order chi connectivity index (χ1) is 4.50. The van der Waals surface area contributed by atoms with Gasteiger partial charge in [-0.3, -0.25) is 0 Å². The van der Waals surface area contributed by atoms with Gasteiger partial charge in [0.2, 0.25) is 0 Å². The van der Waals surface area contributed by atoms with Gasteiger partial charge in [0, 0.05) is 11.5 Å². The molecule has 0 atom stereocenters. The molecule has 0 fully saturated rings. The summed E-state index contributed by atoms with van der Waals surface area (Å²) in [6.45, 7) is 8.87. The van der Waals surface area contributed by atoms with Gasteiger partial charge in [-0.05, 0) is 6.92 Å². The summed E-state index contributed by atoms with van der Waals surface area (Å²) in [6, 6.07) is 0. The van der Waals surface area contributed by atoms with Crippen LogP contribution in [0.25, 0.3) is 0 Å². The number of nitrogens with one attached hydrogen (secondary N) is 1. The fourth-order valence-corrected chi connectivity index (χ4v) is 1.81. The first kappa shape index (κ1) is 7.53. The minimum absolute atomic E-state index is 1.03. The van der Waals surface area contributed by atoms with E-state index in [9.17, 15) is 0 Å². The molecule has 56 valence electrons. The van der Waals surface area contributed by atoms with E-state index < -0.39 is 8.07 Å². The summed E-state index contributed by atoms with van der Waals surface area (Å²) in [5.41, 5.74) is 0. The molecule has 1 heterocycles. The first-order valence-electron chi connectivity index (χ1n) is 3.52. The molecule has 1 rings (SSSR count). The Kier molecular flexibility index (Phi) is 1.68. The predicted octanol–water partition coefficient (Wildman–Crippen LogP) is 1.26. The molecule has 10 heavy (non-hydrogen) atoms. The van der Waals surface area contributed by atoms with Crippen molar-refractivity contribution in [1.29, 1.82) is 0 Å². The molecule has 1 aromatic rings. The van der Waals surface area contributed by atoms with E-state index in [2.05, 4.69) is 29.6 Å². The van der Waals surface area contributed by atoms with E-state index in [-0.39, 0.29) is 0 Å². The number of rotatable bonds is 1. The highest BCUT2D eigenvalue weighted by Crippen LogP contribution is 1.99. The number of nitrogens with zero attached hydrogens (tertiary/aromatic N) is 1. The predicted molar refractivity (Wildman–Crippen MR) is 46.3 cm³/mol. The lowest BCUT2D eigenvalue weighted by Crippen LogP contribution is -2.38. The van der Waals surface area contributed by atoms with Crippen LogP contribution in [0.2, 0.25) is 19.6 Å². The average molecular weight is 154 g/mol. The Morgan fingerprint density at radius 1 is 1.40 bits per heavy atom. The largest absolute Gasteiger partial charge is 0.349 e. The Morgan fingerprint density at radius 2 is 2.00 bits per heavy atom. The van der Waals surface area contributed by atoms with Gasteiger partial charge in [-0.25, -0.2) is 4.98 Å². The van der Waals surface area contributed by atoms with Crippen LogP contribution < -0.4 is 5.32 Å². The molecule has 3 heteroatoms. The third kappa shape index (κ3) is 1.47. The molecular weight excluding hydrogens is 140 g/mol. The zero-order chi connectivity index (χ0) is 7.78. The molecule has 0 saturated heterocycles. The van der Waals surface area contributed by atoms with Gasteiger partial charge in [-0.15, -0.1) is 0 Å². The fourth-order valence-electron chi connectivity index (χ4n) is 0.802. The van der Waals surface area contributed by atoms with Gasteiger partial charge in [-0.2, -0.15) is 0 Å². The van der Waals surface area contributed by atoms with Crippen LogP contribution in [-0.4, -0.2) is 18.0 Å². The molecule has 0 aliphatic rings. The van der Waals surface area contributed by atoms with E-state index in [4.69, 9.17) is 0 Å².